The number of aliphatic carboxylic acids is 2. The van der Waals surface area contributed by atoms with Crippen LogP contribution < -0.4 is 62.3 Å². The summed E-state index contributed by atoms with van der Waals surface area (Å²) < 4.78 is 19.1. The molecule has 0 aliphatic heterocycles. The van der Waals surface area contributed by atoms with Crippen molar-refractivity contribution < 1.29 is 75.5 Å². The molecule has 0 aliphatic rings. The van der Waals surface area contributed by atoms with Crippen molar-refractivity contribution in [1.82, 2.24) is 0 Å². The SMILES string of the molecule is C=COO[n+]1ccc(-c2cc[n+](CC(=O)O)cc2)cc1.CCC[n+]1ccc(-c2cc[n+](CCN)cc2)cc1.C[n+]1ccc(-c2cc[n+](C)cc2)cc1.C[n+]1ccc(-c2cc[n+](CC(=O)O)cc2)cc1.C[n+]1ccc(-c2cc[n+](CCN)cc2)cc1. The smallest absolute Gasteiger partial charge is 0.370 e. The lowest BCUT2D eigenvalue weighted by Gasteiger charge is -2.00. The maximum atomic E-state index is 10.6. The zero-order valence-electron chi connectivity index (χ0n) is 49.2. The molecule has 0 saturated heterocycles. The number of carbonyl (C=O) groups is 2. The molecule has 0 bridgehead atoms. The molecule has 10 heterocycles. The minimum Gasteiger partial charge on any atom is -0.477 e. The summed E-state index contributed by atoms with van der Waals surface area (Å²) in [5.41, 5.74) is 22.6. The summed E-state index contributed by atoms with van der Waals surface area (Å²) in [6.45, 7) is 9.64. The van der Waals surface area contributed by atoms with Gasteiger partial charge in [-0.3, -0.25) is 0 Å². The van der Waals surface area contributed by atoms with Crippen molar-refractivity contribution in [3.8, 4) is 55.6 Å². The highest BCUT2D eigenvalue weighted by Gasteiger charge is 2.12. The standard InChI is InChI=1S/C15H21N3.C14H13N2O4.C13H17N3.C13H13N2O2.C12H14N2/c1-2-8-17-9-3-14(4-10-17)15-5-11-18(12-6-15)13-7-16;1-2-19-20-16-9-5-13(6-10-16)12-3-7-15(8-4-12)11-14(17)18;1-15-7-2-12(3-8-15)13-4-9-16(10-5-13)11-6-14;1-14-6-2-11(3-7-14)12-4-8-15(9-5-12)10-13(16)17;1-13-7-3-11(4-8-13)12-5-9-14(2)10-6-12/h3-6,9-12H,2,7-8,13,16H2,1H3;2-10H,1,11H2;2-5,7-10H,6,11,14H2,1H3;2-9H,10H2,1H3;3-10H,1-2H3/q+2;+1;+2;+1;+2/p+2. The summed E-state index contributed by atoms with van der Waals surface area (Å²) in [6, 6.07) is 40.8. The van der Waals surface area contributed by atoms with E-state index in [9.17, 15) is 9.59 Å². The molecule has 0 unspecified atom stereocenters. The molecule has 0 atom stereocenters. The normalized spacial score (nSPS) is 10.2. The van der Waals surface area contributed by atoms with Crippen LogP contribution in [0.4, 0.5) is 0 Å². The Bertz CT molecular complexity index is 3490. The first kappa shape index (κ1) is 63.9. The van der Waals surface area contributed by atoms with E-state index in [0.29, 0.717) is 13.1 Å². The lowest BCUT2D eigenvalue weighted by molar-refractivity contribution is -0.953. The fraction of sp³-hybridized carbons (Fsp3) is 0.194. The third kappa shape index (κ3) is 22.2. The second-order valence-electron chi connectivity index (χ2n) is 19.7. The lowest BCUT2D eigenvalue weighted by atomic mass is 10.1. The molecule has 0 amide bonds. The van der Waals surface area contributed by atoms with E-state index < -0.39 is 11.9 Å². The number of hydrogen-bond donors (Lipinski definition) is 4. The van der Waals surface area contributed by atoms with E-state index in [1.807, 2.05) is 107 Å². The Morgan fingerprint density at radius 3 is 0.800 bits per heavy atom. The molecule has 0 aliphatic carbocycles. The predicted molar refractivity (Wildman–Crippen MR) is 317 cm³/mol. The summed E-state index contributed by atoms with van der Waals surface area (Å²) in [4.78, 5) is 30.6. The van der Waals surface area contributed by atoms with Crippen LogP contribution in [0.3, 0.4) is 0 Å². The Morgan fingerprint density at radius 1 is 0.376 bits per heavy atom. The molecule has 10 rings (SSSR count). The summed E-state index contributed by atoms with van der Waals surface area (Å²) in [5, 5.41) is 17.4. The van der Waals surface area contributed by atoms with Gasteiger partial charge in [0.1, 0.15) is 41.0 Å². The van der Waals surface area contributed by atoms with Crippen molar-refractivity contribution in [3.05, 3.63) is 258 Å². The van der Waals surface area contributed by atoms with Crippen LogP contribution >= 0.6 is 0 Å². The zero-order valence-corrected chi connectivity index (χ0v) is 49.2. The molecule has 0 spiro atoms. The number of rotatable bonds is 18. The highest BCUT2D eigenvalue weighted by molar-refractivity contribution is 5.66. The van der Waals surface area contributed by atoms with Crippen molar-refractivity contribution in [2.24, 2.45) is 39.7 Å². The number of carboxylic acids is 2. The summed E-state index contributed by atoms with van der Waals surface area (Å²) >= 11 is 0. The number of nitrogens with two attached hydrogens (primary N) is 2. The largest absolute Gasteiger partial charge is 0.477 e. The van der Waals surface area contributed by atoms with Gasteiger partial charge in [-0.1, -0.05) is 13.5 Å². The van der Waals surface area contributed by atoms with Gasteiger partial charge < -0.3 is 21.7 Å². The van der Waals surface area contributed by atoms with Gasteiger partial charge >= 0.3 is 11.9 Å². The van der Waals surface area contributed by atoms with E-state index in [1.54, 1.807) is 46.3 Å². The van der Waals surface area contributed by atoms with E-state index in [-0.39, 0.29) is 13.1 Å². The molecule has 18 heteroatoms. The summed E-state index contributed by atoms with van der Waals surface area (Å²) in [6.07, 6.45) is 41.6. The maximum Gasteiger partial charge on any atom is 0.370 e. The van der Waals surface area contributed by atoms with Gasteiger partial charge in [-0.15, -0.1) is 0 Å². The quantitative estimate of drug-likeness (QED) is 0.0433. The highest BCUT2D eigenvalue weighted by atomic mass is 17.3. The number of aromatic nitrogens is 10. The van der Waals surface area contributed by atoms with E-state index in [2.05, 4.69) is 179 Å². The van der Waals surface area contributed by atoms with Gasteiger partial charge in [0, 0.05) is 128 Å². The number of carboxylic acid groups (broad SMARTS) is 2. The molecule has 0 aromatic carbocycles. The van der Waals surface area contributed by atoms with Gasteiger partial charge in [-0.05, 0) is 60.6 Å². The van der Waals surface area contributed by atoms with Gasteiger partial charge in [0.15, 0.2) is 125 Å². The number of pyridine rings is 10. The van der Waals surface area contributed by atoms with Crippen LogP contribution in [0.5, 0.6) is 0 Å². The number of nitrogens with zero attached hydrogens (tertiary/aromatic N) is 10. The Kier molecular flexibility index (Phi) is 25.7. The van der Waals surface area contributed by atoms with Gasteiger partial charge in [0.05, 0.1) is 17.8 Å². The molecule has 434 valence electrons. The Labute approximate surface area is 497 Å². The van der Waals surface area contributed by atoms with E-state index in [4.69, 9.17) is 26.7 Å². The molecule has 10 aromatic rings. The van der Waals surface area contributed by atoms with E-state index in [1.165, 1.54) is 44.4 Å². The third-order valence-electron chi connectivity index (χ3n) is 12.9. The first-order valence-electron chi connectivity index (χ1n) is 27.8. The van der Waals surface area contributed by atoms with Gasteiger partial charge in [-0.2, -0.15) is 9.13 Å². The molecule has 18 nitrogen and oxygen atoms in total. The molecule has 0 fully saturated rings. The molecular weight excluding hydrogens is 1070 g/mol. The lowest BCUT2D eigenvalue weighted by Crippen LogP contribution is -2.40. The van der Waals surface area contributed by atoms with Crippen LogP contribution in [0.1, 0.15) is 13.3 Å². The molecule has 85 heavy (non-hydrogen) atoms. The summed E-state index contributed by atoms with van der Waals surface area (Å²) in [5.74, 6) is -1.71. The number of hydrogen-bond acceptors (Lipinski definition) is 6. The van der Waals surface area contributed by atoms with Crippen LogP contribution in [0.15, 0.2) is 258 Å². The average molecular weight is 1150 g/mol. The first-order valence-corrected chi connectivity index (χ1v) is 27.8. The Hall–Kier alpha value is -10.3. The molecule has 0 saturated carbocycles. The van der Waals surface area contributed by atoms with Crippen molar-refractivity contribution in [2.75, 3.05) is 13.1 Å². The van der Waals surface area contributed by atoms with Crippen molar-refractivity contribution in [3.63, 3.8) is 0 Å². The predicted octanol–water partition coefficient (Wildman–Crippen LogP) is 3.79. The van der Waals surface area contributed by atoms with Crippen LogP contribution in [0.25, 0.3) is 55.6 Å². The molecular formula is C67H80N12O6+10. The second kappa shape index (κ2) is 34.2. The monoisotopic (exact) mass is 1150 g/mol. The summed E-state index contributed by atoms with van der Waals surface area (Å²) in [7, 11) is 8.03. The average Bonchev–Trinajstić information content (AvgIpc) is 3.67. The van der Waals surface area contributed by atoms with Crippen molar-refractivity contribution in [1.29, 1.82) is 0 Å². The highest BCUT2D eigenvalue weighted by Crippen LogP contribution is 2.19. The fourth-order valence-corrected chi connectivity index (χ4v) is 8.28. The molecule has 0 radical (unpaired) electrons. The zero-order chi connectivity index (χ0) is 60.8. The Balaban J connectivity index is 0.000000171. The fourth-order valence-electron chi connectivity index (χ4n) is 8.28. The van der Waals surface area contributed by atoms with Crippen LogP contribution in [-0.2, 0) is 75.4 Å². The van der Waals surface area contributed by atoms with Crippen molar-refractivity contribution in [2.45, 2.75) is 46.1 Å². The van der Waals surface area contributed by atoms with E-state index in [0.717, 1.165) is 48.3 Å². The molecule has 6 N–H and O–H groups in total. The van der Waals surface area contributed by atoms with Gasteiger partial charge in [0.2, 0.25) is 25.5 Å². The van der Waals surface area contributed by atoms with Gasteiger partial charge in [0.25, 0.3) is 0 Å². The minimum atomic E-state index is -0.872. The second-order valence-corrected chi connectivity index (χ2v) is 19.7. The molecule has 10 aromatic heterocycles. The maximum absolute atomic E-state index is 10.6. The third-order valence-corrected chi connectivity index (χ3v) is 12.9. The topological polar surface area (TPSA) is 184 Å². The van der Waals surface area contributed by atoms with Gasteiger partial charge in [-0.25, -0.2) is 46.4 Å². The van der Waals surface area contributed by atoms with E-state index >= 15 is 0 Å². The van der Waals surface area contributed by atoms with Crippen LogP contribution in [0, 0.1) is 0 Å². The van der Waals surface area contributed by atoms with Crippen LogP contribution in [-0.4, -0.2) is 35.2 Å². The Morgan fingerprint density at radius 2 is 0.588 bits per heavy atom. The van der Waals surface area contributed by atoms with Crippen molar-refractivity contribution >= 4 is 11.9 Å². The first-order chi connectivity index (χ1) is 41.2. The minimum absolute atomic E-state index is 0.00989. The number of aryl methyl sites for hydroxylation is 5. The van der Waals surface area contributed by atoms with Crippen LogP contribution in [0.2, 0.25) is 0 Å².